The molecule has 110 valence electrons. The number of ether oxygens (including phenoxy) is 1. The third-order valence-electron chi connectivity index (χ3n) is 3.03. The Kier molecular flexibility index (Phi) is 4.90. The lowest BCUT2D eigenvalue weighted by Gasteiger charge is -2.15. The molecule has 2 rings (SSSR count). The maximum Gasteiger partial charge on any atom is 0.256 e. The van der Waals surface area contributed by atoms with Crippen molar-refractivity contribution in [2.45, 2.75) is 13.0 Å². The average molecular weight is 353 g/mol. The topological polar surface area (TPSA) is 51.2 Å². The number of amides is 1. The van der Waals surface area contributed by atoms with E-state index in [4.69, 9.17) is 4.74 Å². The van der Waals surface area contributed by atoms with Gasteiger partial charge in [-0.1, -0.05) is 6.07 Å². The molecule has 0 bridgehead atoms. The van der Waals surface area contributed by atoms with Crippen molar-refractivity contribution in [2.24, 2.45) is 0 Å². The van der Waals surface area contributed by atoms with Gasteiger partial charge in [-0.15, -0.1) is 0 Å². The number of methoxy groups -OCH3 is 1. The smallest absolute Gasteiger partial charge is 0.256 e. The van der Waals surface area contributed by atoms with Gasteiger partial charge < -0.3 is 10.1 Å². The monoisotopic (exact) mass is 352 g/mol. The van der Waals surface area contributed by atoms with Crippen molar-refractivity contribution >= 4 is 21.8 Å². The van der Waals surface area contributed by atoms with Crippen molar-refractivity contribution in [1.29, 1.82) is 0 Å². The molecule has 4 nitrogen and oxygen atoms in total. The number of halogens is 2. The van der Waals surface area contributed by atoms with E-state index in [1.165, 1.54) is 18.3 Å². The number of nitrogens with one attached hydrogen (secondary N) is 1. The van der Waals surface area contributed by atoms with Crippen LogP contribution in [0.1, 0.15) is 28.9 Å². The molecule has 1 amide bonds. The Labute approximate surface area is 130 Å². The summed E-state index contributed by atoms with van der Waals surface area (Å²) >= 11 is 3.39. The number of aromatic nitrogens is 1. The van der Waals surface area contributed by atoms with Crippen LogP contribution >= 0.6 is 15.9 Å². The van der Waals surface area contributed by atoms with Crippen LogP contribution in [0.2, 0.25) is 0 Å². The van der Waals surface area contributed by atoms with E-state index in [0.29, 0.717) is 5.75 Å². The fraction of sp³-hybridized carbons (Fsp3) is 0.200. The lowest BCUT2D eigenvalue weighted by molar-refractivity contribution is 0.0935. The molecule has 2 aromatic rings. The van der Waals surface area contributed by atoms with Crippen LogP contribution in [0, 0.1) is 5.95 Å². The van der Waals surface area contributed by atoms with Gasteiger partial charge in [-0.3, -0.25) is 4.79 Å². The molecule has 1 heterocycles. The van der Waals surface area contributed by atoms with Gasteiger partial charge in [-0.05, 0) is 52.7 Å². The number of carbonyl (C=O) groups excluding carboxylic acids is 1. The van der Waals surface area contributed by atoms with Crippen LogP contribution < -0.4 is 10.1 Å². The quantitative estimate of drug-likeness (QED) is 0.857. The second kappa shape index (κ2) is 6.67. The summed E-state index contributed by atoms with van der Waals surface area (Å²) in [6.07, 6.45) is 1.30. The summed E-state index contributed by atoms with van der Waals surface area (Å²) in [7, 11) is 1.58. The summed E-state index contributed by atoms with van der Waals surface area (Å²) in [6.45, 7) is 1.82. The Morgan fingerprint density at radius 1 is 1.43 bits per heavy atom. The molecule has 0 aliphatic carbocycles. The highest BCUT2D eigenvalue weighted by Crippen LogP contribution is 2.28. The Hall–Kier alpha value is -1.95. The Morgan fingerprint density at radius 2 is 2.19 bits per heavy atom. The Bertz CT molecular complexity index is 664. The summed E-state index contributed by atoms with van der Waals surface area (Å²) in [5.74, 6) is -0.575. The van der Waals surface area contributed by atoms with Crippen molar-refractivity contribution in [3.8, 4) is 5.75 Å². The number of rotatable bonds is 4. The molecule has 0 spiro atoms. The molecular weight excluding hydrogens is 339 g/mol. The van der Waals surface area contributed by atoms with Crippen molar-refractivity contribution in [2.75, 3.05) is 7.11 Å². The SMILES string of the molecule is COc1ccc(C(C)NC(=O)c2cccnc2F)cc1Br. The highest BCUT2D eigenvalue weighted by molar-refractivity contribution is 9.10. The van der Waals surface area contributed by atoms with Crippen LogP contribution in [0.5, 0.6) is 5.75 Å². The number of hydrogen-bond acceptors (Lipinski definition) is 3. The van der Waals surface area contributed by atoms with E-state index in [-0.39, 0.29) is 11.6 Å². The summed E-state index contributed by atoms with van der Waals surface area (Å²) in [6, 6.07) is 8.13. The van der Waals surface area contributed by atoms with Gasteiger partial charge in [0.25, 0.3) is 5.91 Å². The second-order valence-corrected chi connectivity index (χ2v) is 5.29. The molecule has 0 aliphatic rings. The molecule has 0 aliphatic heterocycles. The molecule has 21 heavy (non-hydrogen) atoms. The molecule has 6 heteroatoms. The molecule has 1 atom stereocenters. The second-order valence-electron chi connectivity index (χ2n) is 4.43. The minimum Gasteiger partial charge on any atom is -0.496 e. The zero-order valence-electron chi connectivity index (χ0n) is 11.6. The first kappa shape index (κ1) is 15.4. The van der Waals surface area contributed by atoms with Crippen molar-refractivity contribution in [1.82, 2.24) is 10.3 Å². The molecule has 0 radical (unpaired) electrons. The van der Waals surface area contributed by atoms with Crippen LogP contribution in [0.4, 0.5) is 4.39 Å². The van der Waals surface area contributed by atoms with Gasteiger partial charge in [0, 0.05) is 6.20 Å². The van der Waals surface area contributed by atoms with Gasteiger partial charge in [-0.25, -0.2) is 4.98 Å². The summed E-state index contributed by atoms with van der Waals surface area (Å²) < 4.78 is 19.4. The van der Waals surface area contributed by atoms with Crippen molar-refractivity contribution in [3.05, 3.63) is 58.1 Å². The molecular formula is C15H14BrFN2O2. The fourth-order valence-corrected chi connectivity index (χ4v) is 2.42. The highest BCUT2D eigenvalue weighted by atomic mass is 79.9. The standard InChI is InChI=1S/C15H14BrFN2O2/c1-9(10-5-6-13(21-2)12(16)8-10)19-15(20)11-4-3-7-18-14(11)17/h3-9H,1-2H3,(H,19,20). The van der Waals surface area contributed by atoms with E-state index in [9.17, 15) is 9.18 Å². The largest absolute Gasteiger partial charge is 0.496 e. The minimum absolute atomic E-state index is 0.0723. The lowest BCUT2D eigenvalue weighted by Crippen LogP contribution is -2.27. The zero-order valence-corrected chi connectivity index (χ0v) is 13.1. The number of nitrogens with zero attached hydrogens (tertiary/aromatic N) is 1. The van der Waals surface area contributed by atoms with Gasteiger partial charge in [0.2, 0.25) is 5.95 Å². The zero-order chi connectivity index (χ0) is 15.4. The molecule has 1 unspecified atom stereocenters. The lowest BCUT2D eigenvalue weighted by atomic mass is 10.1. The molecule has 1 N–H and O–H groups in total. The van der Waals surface area contributed by atoms with E-state index >= 15 is 0 Å². The predicted octanol–water partition coefficient (Wildman–Crippen LogP) is 3.48. The molecule has 1 aromatic carbocycles. The van der Waals surface area contributed by atoms with Gasteiger partial charge in [0.1, 0.15) is 5.75 Å². The summed E-state index contributed by atoms with van der Waals surface area (Å²) in [5.41, 5.74) is 0.803. The van der Waals surface area contributed by atoms with E-state index in [1.54, 1.807) is 13.2 Å². The molecule has 0 saturated heterocycles. The maximum atomic E-state index is 13.5. The summed E-state index contributed by atoms with van der Waals surface area (Å²) in [4.78, 5) is 15.5. The first-order valence-electron chi connectivity index (χ1n) is 6.27. The fourth-order valence-electron chi connectivity index (χ4n) is 1.87. The van der Waals surface area contributed by atoms with E-state index in [2.05, 4.69) is 26.2 Å². The van der Waals surface area contributed by atoms with Crippen molar-refractivity contribution in [3.63, 3.8) is 0 Å². The van der Waals surface area contributed by atoms with E-state index in [0.717, 1.165) is 10.0 Å². The van der Waals surface area contributed by atoms with Crippen LogP contribution in [-0.4, -0.2) is 18.0 Å². The van der Waals surface area contributed by atoms with Gasteiger partial charge in [-0.2, -0.15) is 4.39 Å². The maximum absolute atomic E-state index is 13.5. The predicted molar refractivity (Wildman–Crippen MR) is 80.8 cm³/mol. The van der Waals surface area contributed by atoms with Gasteiger partial charge in [0.05, 0.1) is 23.2 Å². The Balaban J connectivity index is 2.14. The van der Waals surface area contributed by atoms with E-state index < -0.39 is 11.9 Å². The molecule has 0 fully saturated rings. The third-order valence-corrected chi connectivity index (χ3v) is 3.65. The van der Waals surface area contributed by atoms with Crippen molar-refractivity contribution < 1.29 is 13.9 Å². The number of pyridine rings is 1. The van der Waals surface area contributed by atoms with E-state index in [1.807, 2.05) is 19.1 Å². The van der Waals surface area contributed by atoms with Gasteiger partial charge in [0.15, 0.2) is 0 Å². The number of hydrogen-bond donors (Lipinski definition) is 1. The van der Waals surface area contributed by atoms with Crippen LogP contribution in [-0.2, 0) is 0 Å². The normalized spacial score (nSPS) is 11.8. The molecule has 1 aromatic heterocycles. The highest BCUT2D eigenvalue weighted by Gasteiger charge is 2.16. The molecule has 0 saturated carbocycles. The van der Waals surface area contributed by atoms with Gasteiger partial charge >= 0.3 is 0 Å². The van der Waals surface area contributed by atoms with Crippen LogP contribution in [0.3, 0.4) is 0 Å². The third kappa shape index (κ3) is 3.58. The summed E-state index contributed by atoms with van der Waals surface area (Å²) in [5, 5.41) is 2.74. The average Bonchev–Trinajstić information content (AvgIpc) is 2.47. The number of carbonyl (C=O) groups is 1. The number of benzene rings is 1. The Morgan fingerprint density at radius 3 is 2.81 bits per heavy atom. The van der Waals surface area contributed by atoms with Crippen LogP contribution in [0.15, 0.2) is 41.0 Å². The first-order chi connectivity index (χ1) is 10.0. The van der Waals surface area contributed by atoms with Crippen LogP contribution in [0.25, 0.3) is 0 Å². The minimum atomic E-state index is -0.780. The first-order valence-corrected chi connectivity index (χ1v) is 7.07.